The van der Waals surface area contributed by atoms with Gasteiger partial charge in [0.2, 0.25) is 5.78 Å². The number of nitrogens with one attached hydrogen (secondary N) is 2. The number of carbonyl (C=O) groups excluding carboxylic acids is 6. The first-order chi connectivity index (χ1) is 38.4. The largest absolute Gasteiger partial charge is 0.507 e. The van der Waals surface area contributed by atoms with Crippen LogP contribution in [0.5, 0.6) is 23.0 Å². The number of hydrogen-bond acceptors (Lipinski definition) is 20. The van der Waals surface area contributed by atoms with Crippen molar-refractivity contribution in [3.05, 3.63) is 127 Å². The Balaban J connectivity index is 0.898. The average Bonchev–Trinajstić information content (AvgIpc) is 3.60. The molecule has 1 fully saturated rings. The number of carbonyl (C=O) groups is 7. The van der Waals surface area contributed by atoms with Gasteiger partial charge in [0.05, 0.1) is 55.2 Å². The number of aliphatic hydroxyl groups excluding tert-OH is 2. The normalized spacial score (nSPS) is 21.2. The van der Waals surface area contributed by atoms with Crippen LogP contribution in [0.3, 0.4) is 0 Å². The number of rotatable bonds is 22. The lowest BCUT2D eigenvalue weighted by molar-refractivity contribution is -0.249. The lowest BCUT2D eigenvalue weighted by Gasteiger charge is -2.42. The van der Waals surface area contributed by atoms with Crippen LogP contribution in [-0.4, -0.2) is 170 Å². The average molecular weight is 1150 g/mol. The van der Waals surface area contributed by atoms with E-state index < -0.39 is 140 Å². The Hall–Kier alpha value is -8.01. The maximum absolute atomic E-state index is 14.0. The number of aromatic hydroxyl groups is 2. The van der Waals surface area contributed by atoms with E-state index in [9.17, 15) is 73.7 Å². The number of likely N-dealkylation sites (N-methyl/N-ethyl adjacent to an activating group) is 2. The molecule has 9 N–H and O–H groups in total. The zero-order valence-corrected chi connectivity index (χ0v) is 44.8. The van der Waals surface area contributed by atoms with Gasteiger partial charge in [0.1, 0.15) is 54.0 Å². The number of benzene rings is 4. The number of nitrogens with zero attached hydrogens (tertiary/aromatic N) is 5. The third kappa shape index (κ3) is 13.6. The summed E-state index contributed by atoms with van der Waals surface area (Å²) in [6, 6.07) is 13.3. The predicted molar refractivity (Wildman–Crippen MR) is 277 cm³/mol. The maximum Gasteiger partial charge on any atom is 0.415 e. The van der Waals surface area contributed by atoms with Gasteiger partial charge in [-0.3, -0.25) is 23.7 Å². The molecule has 1 saturated heterocycles. The van der Waals surface area contributed by atoms with E-state index in [1.54, 1.807) is 0 Å². The van der Waals surface area contributed by atoms with Crippen LogP contribution in [0.2, 0.25) is 0 Å². The van der Waals surface area contributed by atoms with Crippen molar-refractivity contribution in [1.82, 2.24) is 20.2 Å². The predicted octanol–water partition coefficient (Wildman–Crippen LogP) is 3.53. The highest BCUT2D eigenvalue weighted by atomic mass is 31.2. The molecule has 2 aliphatic carbocycles. The molecule has 28 nitrogen and oxygen atoms in total. The Morgan fingerprint density at radius 1 is 0.963 bits per heavy atom. The number of ether oxygens (including phenoxy) is 5. The summed E-state index contributed by atoms with van der Waals surface area (Å²) < 4.78 is 47.3. The van der Waals surface area contributed by atoms with E-state index in [-0.39, 0.29) is 78.4 Å². The van der Waals surface area contributed by atoms with Crippen LogP contribution in [0.1, 0.15) is 96.7 Å². The number of fused-ring (bicyclic) bond motifs is 3. The minimum atomic E-state index is -4.52. The summed E-state index contributed by atoms with van der Waals surface area (Å²) >= 11 is 0. The molecule has 432 valence electrons. The van der Waals surface area contributed by atoms with Crippen LogP contribution in [0, 0.1) is 0 Å². The highest BCUT2D eigenvalue weighted by molar-refractivity contribution is 7.50. The minimum absolute atomic E-state index is 0.0166. The fourth-order valence-electron chi connectivity index (χ4n) is 9.31. The quantitative estimate of drug-likeness (QED) is 0.0157. The number of amides is 3. The number of phenolic OH excluding ortho intramolecular Hbond substituents is 2. The molecule has 0 spiro atoms. The number of ketones is 3. The molecule has 7 rings (SSSR count). The van der Waals surface area contributed by atoms with Gasteiger partial charge >= 0.3 is 25.9 Å². The number of aliphatic carboxylic acids is 1. The SMILES string of the molecule is COc1cccc2c1C(=O)c1c(O)c3c(c(O)c1C2=O)C[C@@](O)(C(=O)CO)CC3O[C@H]1CC(NC(=O)OCc2ccc(OC(=O)N(C)CCN(C)P(=O)(O)OCCC(NC(=O)c3ccc(CN=[N+]=[N-])cc3)C(=O)O)cc2)C(O)C(C)O1. The first-order valence-corrected chi connectivity index (χ1v) is 26.4. The van der Waals surface area contributed by atoms with E-state index in [1.165, 1.54) is 94.9 Å². The van der Waals surface area contributed by atoms with E-state index in [2.05, 4.69) is 20.7 Å². The topological polar surface area (TPSA) is 413 Å². The molecule has 0 radical (unpaired) electrons. The fraction of sp³-hybridized carbons (Fsp3) is 0.404. The van der Waals surface area contributed by atoms with Gasteiger partial charge < -0.3 is 74.8 Å². The van der Waals surface area contributed by atoms with Gasteiger partial charge in [0.25, 0.3) is 5.91 Å². The smallest absolute Gasteiger partial charge is 0.415 e. The summed E-state index contributed by atoms with van der Waals surface area (Å²) in [5.74, 6) is -6.47. The Morgan fingerprint density at radius 3 is 2.30 bits per heavy atom. The van der Waals surface area contributed by atoms with E-state index in [0.29, 0.717) is 11.1 Å². The Labute approximate surface area is 460 Å². The van der Waals surface area contributed by atoms with E-state index in [4.69, 9.17) is 33.7 Å². The monoisotopic (exact) mass is 1150 g/mol. The number of azide groups is 1. The van der Waals surface area contributed by atoms with Crippen LogP contribution in [-0.2, 0) is 52.5 Å². The van der Waals surface area contributed by atoms with E-state index in [1.807, 2.05) is 0 Å². The van der Waals surface area contributed by atoms with Crippen molar-refractivity contribution in [2.75, 3.05) is 47.5 Å². The van der Waals surface area contributed by atoms with Crippen LogP contribution in [0.4, 0.5) is 9.59 Å². The van der Waals surface area contributed by atoms with Crippen molar-refractivity contribution >= 4 is 49.2 Å². The van der Waals surface area contributed by atoms with Crippen molar-refractivity contribution < 1.29 is 102 Å². The molecular formula is C52H58N7O21P. The Kier molecular flexibility index (Phi) is 19.2. The second-order valence-electron chi connectivity index (χ2n) is 19.2. The first kappa shape index (κ1) is 60.6. The van der Waals surface area contributed by atoms with Gasteiger partial charge in [-0.2, -0.15) is 0 Å². The lowest BCUT2D eigenvalue weighted by atomic mass is 9.72. The second-order valence-corrected chi connectivity index (χ2v) is 21.1. The van der Waals surface area contributed by atoms with Gasteiger partial charge in [-0.15, -0.1) is 0 Å². The molecule has 3 aliphatic rings. The summed E-state index contributed by atoms with van der Waals surface area (Å²) in [5, 5.41) is 74.0. The van der Waals surface area contributed by atoms with Gasteiger partial charge in [-0.05, 0) is 61.0 Å². The molecule has 0 saturated carbocycles. The standard InChI is InChI=1S/C52H58N7O21P/c1-26-43(62)34(20-38(78-26)80-36-22-52(72,37(61)24-60)21-32-40(36)47(66)42-41(45(32)64)44(63)31-6-5-7-35(75-4)39(31)46(42)65)56-50(70)76-25-28-10-14-30(15-11-28)79-51(71)58(2)17-18-59(3)81(73,74)77-19-16-33(49(68)69)55-48(67)29-12-8-27(9-13-29)23-54-57-53/h5-15,26,33-34,36,38,43,60,62,64,66,72H,16-25H2,1-4H3,(H,55,67)(H,56,70)(H,68,69)(H,73,74)/t26?,33?,34?,36?,38-,43?,52-/m0/s1. The molecule has 3 amide bonds. The van der Waals surface area contributed by atoms with Crippen molar-refractivity contribution in [3.8, 4) is 23.0 Å². The van der Waals surface area contributed by atoms with E-state index >= 15 is 0 Å². The van der Waals surface area contributed by atoms with Crippen molar-refractivity contribution in [3.63, 3.8) is 0 Å². The highest BCUT2D eigenvalue weighted by Gasteiger charge is 2.50. The van der Waals surface area contributed by atoms with Gasteiger partial charge in [0, 0.05) is 73.0 Å². The number of Topliss-reactive ketones (excluding diaryl/α,β-unsaturated/α-hetero) is 1. The summed E-state index contributed by atoms with van der Waals surface area (Å²) in [6.07, 6.45) is -9.19. The molecule has 4 aromatic carbocycles. The zero-order chi connectivity index (χ0) is 59.1. The van der Waals surface area contributed by atoms with Crippen LogP contribution in [0.15, 0.2) is 71.8 Å². The number of hydrogen-bond donors (Lipinski definition) is 9. The van der Waals surface area contributed by atoms with Gasteiger partial charge in [-0.1, -0.05) is 41.5 Å². The highest BCUT2D eigenvalue weighted by Crippen LogP contribution is 2.53. The molecule has 4 aromatic rings. The van der Waals surface area contributed by atoms with Crippen molar-refractivity contribution in [2.24, 2.45) is 5.11 Å². The summed E-state index contributed by atoms with van der Waals surface area (Å²) in [7, 11) is -0.638. The fourth-order valence-corrected chi connectivity index (χ4v) is 10.2. The Bertz CT molecular complexity index is 3190. The molecule has 1 aliphatic heterocycles. The number of carboxylic acid groups (broad SMARTS) is 1. The lowest BCUT2D eigenvalue weighted by Crippen LogP contribution is -2.56. The molecule has 81 heavy (non-hydrogen) atoms. The Morgan fingerprint density at radius 2 is 1.64 bits per heavy atom. The van der Waals surface area contributed by atoms with Crippen molar-refractivity contribution in [1.29, 1.82) is 0 Å². The van der Waals surface area contributed by atoms with E-state index in [0.717, 1.165) is 9.57 Å². The molecule has 1 heterocycles. The number of alkyl carbamates (subject to hydrolysis) is 1. The number of carboxylic acids is 1. The molecule has 8 atom stereocenters. The third-order valence-electron chi connectivity index (χ3n) is 13.9. The summed E-state index contributed by atoms with van der Waals surface area (Å²) in [4.78, 5) is 106. The van der Waals surface area contributed by atoms with Crippen LogP contribution >= 0.6 is 7.75 Å². The zero-order valence-electron chi connectivity index (χ0n) is 43.9. The molecule has 29 heteroatoms. The number of aliphatic hydroxyl groups is 3. The van der Waals surface area contributed by atoms with Crippen LogP contribution < -0.4 is 20.1 Å². The first-order valence-electron chi connectivity index (χ1n) is 24.9. The number of methoxy groups -OCH3 is 1. The summed E-state index contributed by atoms with van der Waals surface area (Å²) in [5.41, 5.74) is 5.19. The minimum Gasteiger partial charge on any atom is -0.507 e. The van der Waals surface area contributed by atoms with Gasteiger partial charge in [-0.25, -0.2) is 23.6 Å². The third-order valence-corrected chi connectivity index (χ3v) is 15.4. The van der Waals surface area contributed by atoms with Gasteiger partial charge in [0.15, 0.2) is 17.9 Å². The summed E-state index contributed by atoms with van der Waals surface area (Å²) in [6.45, 7) is -0.814. The maximum atomic E-state index is 14.0. The second kappa shape index (κ2) is 25.6. The molecule has 0 bridgehead atoms. The number of phenols is 2. The van der Waals surface area contributed by atoms with Crippen molar-refractivity contribution in [2.45, 2.75) is 88.0 Å². The molecule has 0 aromatic heterocycles. The molecular weight excluding hydrogens is 1090 g/mol. The molecule has 6 unspecified atom stereocenters. The van der Waals surface area contributed by atoms with Crippen LogP contribution in [0.25, 0.3) is 10.4 Å².